The van der Waals surface area contributed by atoms with Crippen molar-refractivity contribution in [1.82, 2.24) is 10.3 Å². The summed E-state index contributed by atoms with van der Waals surface area (Å²) in [6, 6.07) is 0.887. The summed E-state index contributed by atoms with van der Waals surface area (Å²) in [5.41, 5.74) is 5.93. The molecule has 0 radical (unpaired) electrons. The monoisotopic (exact) mass is 253 g/mol. The molecule has 0 saturated heterocycles. The lowest BCUT2D eigenvalue weighted by Crippen LogP contribution is -2.33. The van der Waals surface area contributed by atoms with Gasteiger partial charge >= 0.3 is 0 Å². The first kappa shape index (κ1) is 13.0. The third kappa shape index (κ3) is 3.76. The SMILES string of the molecule is CCC(NCC1CCC(N)CC1)c1nccs1. The minimum Gasteiger partial charge on any atom is -0.328 e. The van der Waals surface area contributed by atoms with Gasteiger partial charge in [-0.15, -0.1) is 11.3 Å². The van der Waals surface area contributed by atoms with Gasteiger partial charge in [0.05, 0.1) is 6.04 Å². The van der Waals surface area contributed by atoms with Crippen LogP contribution in [0.4, 0.5) is 0 Å². The van der Waals surface area contributed by atoms with E-state index in [0.29, 0.717) is 12.1 Å². The third-order valence-corrected chi connectivity index (χ3v) is 4.59. The van der Waals surface area contributed by atoms with E-state index in [1.807, 2.05) is 6.20 Å². The van der Waals surface area contributed by atoms with Gasteiger partial charge in [0.25, 0.3) is 0 Å². The highest BCUT2D eigenvalue weighted by Gasteiger charge is 2.20. The molecule has 0 aliphatic heterocycles. The van der Waals surface area contributed by atoms with Crippen molar-refractivity contribution in [2.45, 2.75) is 51.1 Å². The quantitative estimate of drug-likeness (QED) is 0.848. The largest absolute Gasteiger partial charge is 0.328 e. The average molecular weight is 253 g/mol. The van der Waals surface area contributed by atoms with Gasteiger partial charge in [-0.05, 0) is 44.6 Å². The van der Waals surface area contributed by atoms with Crippen LogP contribution >= 0.6 is 11.3 Å². The molecular formula is C13H23N3S. The molecule has 0 aromatic carbocycles. The molecule has 1 atom stereocenters. The molecule has 4 heteroatoms. The maximum absolute atomic E-state index is 5.93. The molecule has 3 nitrogen and oxygen atoms in total. The summed E-state index contributed by atoms with van der Waals surface area (Å²) in [5, 5.41) is 6.94. The lowest BCUT2D eigenvalue weighted by atomic mass is 9.86. The molecule has 2 rings (SSSR count). The minimum absolute atomic E-state index is 0.436. The number of nitrogens with zero attached hydrogens (tertiary/aromatic N) is 1. The van der Waals surface area contributed by atoms with E-state index in [4.69, 9.17) is 5.73 Å². The Morgan fingerprint density at radius 3 is 2.82 bits per heavy atom. The zero-order valence-electron chi connectivity index (χ0n) is 10.6. The fraction of sp³-hybridized carbons (Fsp3) is 0.769. The summed E-state index contributed by atoms with van der Waals surface area (Å²) in [7, 11) is 0. The van der Waals surface area contributed by atoms with Gasteiger partial charge in [-0.3, -0.25) is 0 Å². The Hall–Kier alpha value is -0.450. The topological polar surface area (TPSA) is 50.9 Å². The predicted molar refractivity (Wildman–Crippen MR) is 73.1 cm³/mol. The highest BCUT2D eigenvalue weighted by molar-refractivity contribution is 7.09. The van der Waals surface area contributed by atoms with E-state index in [-0.39, 0.29) is 0 Å². The lowest BCUT2D eigenvalue weighted by molar-refractivity contribution is 0.302. The van der Waals surface area contributed by atoms with Crippen LogP contribution < -0.4 is 11.1 Å². The molecule has 1 heterocycles. The summed E-state index contributed by atoms with van der Waals surface area (Å²) in [4.78, 5) is 4.40. The fourth-order valence-corrected chi connectivity index (χ4v) is 3.31. The molecular weight excluding hydrogens is 230 g/mol. The van der Waals surface area contributed by atoms with Crippen molar-refractivity contribution in [2.24, 2.45) is 11.7 Å². The molecule has 1 saturated carbocycles. The van der Waals surface area contributed by atoms with Gasteiger partial charge in [-0.1, -0.05) is 6.92 Å². The number of hydrogen-bond acceptors (Lipinski definition) is 4. The van der Waals surface area contributed by atoms with E-state index in [1.165, 1.54) is 30.7 Å². The van der Waals surface area contributed by atoms with Gasteiger partial charge in [0.1, 0.15) is 5.01 Å². The molecule has 1 unspecified atom stereocenters. The van der Waals surface area contributed by atoms with Crippen molar-refractivity contribution >= 4 is 11.3 Å². The second-order valence-electron chi connectivity index (χ2n) is 5.02. The zero-order chi connectivity index (χ0) is 12.1. The highest BCUT2D eigenvalue weighted by atomic mass is 32.1. The van der Waals surface area contributed by atoms with Crippen molar-refractivity contribution in [1.29, 1.82) is 0 Å². The van der Waals surface area contributed by atoms with Crippen molar-refractivity contribution < 1.29 is 0 Å². The molecule has 1 aromatic heterocycles. The van der Waals surface area contributed by atoms with E-state index in [0.717, 1.165) is 18.9 Å². The van der Waals surface area contributed by atoms with E-state index >= 15 is 0 Å². The van der Waals surface area contributed by atoms with Crippen LogP contribution in [0.15, 0.2) is 11.6 Å². The maximum Gasteiger partial charge on any atom is 0.109 e. The summed E-state index contributed by atoms with van der Waals surface area (Å²) < 4.78 is 0. The van der Waals surface area contributed by atoms with Gasteiger partial charge in [-0.25, -0.2) is 4.98 Å². The standard InChI is InChI=1S/C13H23N3S/c1-2-12(13-15-7-8-17-13)16-9-10-3-5-11(14)6-4-10/h7-8,10-12,16H,2-6,9,14H2,1H3. The van der Waals surface area contributed by atoms with Gasteiger partial charge < -0.3 is 11.1 Å². The number of aromatic nitrogens is 1. The number of rotatable bonds is 5. The average Bonchev–Trinajstić information content (AvgIpc) is 2.86. The van der Waals surface area contributed by atoms with E-state index in [1.54, 1.807) is 11.3 Å². The number of hydrogen-bond donors (Lipinski definition) is 2. The molecule has 0 spiro atoms. The van der Waals surface area contributed by atoms with E-state index < -0.39 is 0 Å². The van der Waals surface area contributed by atoms with Crippen molar-refractivity contribution in [2.75, 3.05) is 6.54 Å². The van der Waals surface area contributed by atoms with Gasteiger partial charge in [0.15, 0.2) is 0 Å². The first-order chi connectivity index (χ1) is 8.29. The molecule has 0 amide bonds. The van der Waals surface area contributed by atoms with Crippen LogP contribution in [0.3, 0.4) is 0 Å². The Labute approximate surface area is 108 Å². The molecule has 1 aromatic rings. The zero-order valence-corrected chi connectivity index (χ0v) is 11.4. The Kier molecular flexibility index (Phi) is 4.95. The molecule has 96 valence electrons. The molecule has 3 N–H and O–H groups in total. The minimum atomic E-state index is 0.436. The molecule has 1 aliphatic carbocycles. The molecule has 17 heavy (non-hydrogen) atoms. The number of nitrogens with two attached hydrogens (primary N) is 1. The second-order valence-corrected chi connectivity index (χ2v) is 5.95. The predicted octanol–water partition coefficient (Wildman–Crippen LogP) is 2.70. The van der Waals surface area contributed by atoms with Crippen molar-refractivity contribution in [3.05, 3.63) is 16.6 Å². The summed E-state index contributed by atoms with van der Waals surface area (Å²) in [6.07, 6.45) is 7.95. The molecule has 1 aliphatic rings. The smallest absolute Gasteiger partial charge is 0.109 e. The first-order valence-corrected chi connectivity index (χ1v) is 7.56. The third-order valence-electron chi connectivity index (χ3n) is 3.70. The Bertz CT molecular complexity index is 304. The van der Waals surface area contributed by atoms with Crippen LogP contribution in [-0.2, 0) is 0 Å². The maximum atomic E-state index is 5.93. The summed E-state index contributed by atoms with van der Waals surface area (Å²) >= 11 is 1.75. The van der Waals surface area contributed by atoms with Crippen molar-refractivity contribution in [3.8, 4) is 0 Å². The van der Waals surface area contributed by atoms with Gasteiger partial charge in [0, 0.05) is 17.6 Å². The summed E-state index contributed by atoms with van der Waals surface area (Å²) in [5.74, 6) is 0.809. The van der Waals surface area contributed by atoms with Crippen LogP contribution in [0, 0.1) is 5.92 Å². The van der Waals surface area contributed by atoms with Crippen LogP contribution in [0.25, 0.3) is 0 Å². The number of nitrogens with one attached hydrogen (secondary N) is 1. The highest BCUT2D eigenvalue weighted by Crippen LogP contribution is 2.24. The Morgan fingerprint density at radius 2 is 2.24 bits per heavy atom. The lowest BCUT2D eigenvalue weighted by Gasteiger charge is -2.27. The van der Waals surface area contributed by atoms with Crippen LogP contribution in [0.5, 0.6) is 0 Å². The first-order valence-electron chi connectivity index (χ1n) is 6.68. The van der Waals surface area contributed by atoms with E-state index in [2.05, 4.69) is 22.6 Å². The van der Waals surface area contributed by atoms with Crippen molar-refractivity contribution in [3.63, 3.8) is 0 Å². The molecule has 1 fully saturated rings. The van der Waals surface area contributed by atoms with Crippen LogP contribution in [-0.4, -0.2) is 17.6 Å². The second kappa shape index (κ2) is 6.47. The fourth-order valence-electron chi connectivity index (χ4n) is 2.51. The van der Waals surface area contributed by atoms with Gasteiger partial charge in [-0.2, -0.15) is 0 Å². The number of thiazole rings is 1. The van der Waals surface area contributed by atoms with E-state index in [9.17, 15) is 0 Å². The van der Waals surface area contributed by atoms with Crippen LogP contribution in [0.1, 0.15) is 50.1 Å². The van der Waals surface area contributed by atoms with Gasteiger partial charge in [0.2, 0.25) is 0 Å². The molecule has 0 bridgehead atoms. The normalized spacial score (nSPS) is 26.9. The summed E-state index contributed by atoms with van der Waals surface area (Å²) in [6.45, 7) is 3.33. The van der Waals surface area contributed by atoms with Crippen LogP contribution in [0.2, 0.25) is 0 Å². The Morgan fingerprint density at radius 1 is 1.47 bits per heavy atom. The Balaban J connectivity index is 1.76.